The molecular formula is C20H26S2. The standard InChI is InChI=1S/C20H26S2/c1-3-7-15(8-4-1)17-11-19(21-13-17)20-12-18(14-22-20)16-9-5-2-6-10-16/h11-16H,1-10H2. The van der Waals surface area contributed by atoms with E-state index >= 15 is 0 Å². The minimum absolute atomic E-state index is 0.844. The van der Waals surface area contributed by atoms with Gasteiger partial charge in [-0.3, -0.25) is 0 Å². The van der Waals surface area contributed by atoms with Crippen LogP contribution in [0.3, 0.4) is 0 Å². The molecule has 0 aromatic carbocycles. The number of thiophene rings is 2. The highest BCUT2D eigenvalue weighted by Gasteiger charge is 2.19. The lowest BCUT2D eigenvalue weighted by Gasteiger charge is -2.20. The van der Waals surface area contributed by atoms with E-state index in [4.69, 9.17) is 0 Å². The molecular weight excluding hydrogens is 304 g/mol. The van der Waals surface area contributed by atoms with Crippen molar-refractivity contribution in [2.24, 2.45) is 0 Å². The summed E-state index contributed by atoms with van der Waals surface area (Å²) in [5.74, 6) is 1.69. The maximum Gasteiger partial charge on any atom is 0.0445 e. The SMILES string of the molecule is c1sc(-c2cc(C3CCCCC3)cs2)cc1C1CCCCC1. The van der Waals surface area contributed by atoms with E-state index in [0.29, 0.717) is 0 Å². The Bertz CT molecular complexity index is 541. The van der Waals surface area contributed by atoms with E-state index in [1.807, 2.05) is 22.7 Å². The Hall–Kier alpha value is -0.600. The Morgan fingerprint density at radius 1 is 0.591 bits per heavy atom. The molecule has 118 valence electrons. The van der Waals surface area contributed by atoms with E-state index in [9.17, 15) is 0 Å². The molecule has 2 aromatic rings. The molecule has 0 aliphatic heterocycles. The average molecular weight is 331 g/mol. The summed E-state index contributed by atoms with van der Waals surface area (Å²) in [6.07, 6.45) is 14.3. The maximum absolute atomic E-state index is 2.50. The fraction of sp³-hybridized carbons (Fsp3) is 0.600. The van der Waals surface area contributed by atoms with Crippen LogP contribution in [-0.4, -0.2) is 0 Å². The van der Waals surface area contributed by atoms with Gasteiger partial charge in [-0.05, 0) is 71.5 Å². The average Bonchev–Trinajstić information content (AvgIpc) is 3.26. The van der Waals surface area contributed by atoms with Crippen LogP contribution in [-0.2, 0) is 0 Å². The molecule has 0 N–H and O–H groups in total. The fourth-order valence-corrected chi connectivity index (χ4v) is 6.35. The van der Waals surface area contributed by atoms with E-state index in [-0.39, 0.29) is 0 Å². The number of hydrogen-bond acceptors (Lipinski definition) is 2. The van der Waals surface area contributed by atoms with Crippen LogP contribution >= 0.6 is 22.7 Å². The van der Waals surface area contributed by atoms with Crippen molar-refractivity contribution < 1.29 is 0 Å². The summed E-state index contributed by atoms with van der Waals surface area (Å²) in [5.41, 5.74) is 3.24. The van der Waals surface area contributed by atoms with E-state index in [1.165, 1.54) is 74.0 Å². The molecule has 22 heavy (non-hydrogen) atoms. The first-order valence-corrected chi connectivity index (χ1v) is 10.8. The number of hydrogen-bond donors (Lipinski definition) is 0. The van der Waals surface area contributed by atoms with Gasteiger partial charge in [0, 0.05) is 9.75 Å². The van der Waals surface area contributed by atoms with Crippen LogP contribution in [0.15, 0.2) is 22.9 Å². The first-order valence-electron chi connectivity index (χ1n) is 9.07. The number of rotatable bonds is 3. The summed E-state index contributed by atoms with van der Waals surface area (Å²) in [6, 6.07) is 4.99. The zero-order chi connectivity index (χ0) is 14.8. The molecule has 2 heterocycles. The molecule has 0 bridgehead atoms. The summed E-state index contributed by atoms with van der Waals surface area (Å²) < 4.78 is 0. The van der Waals surface area contributed by atoms with Crippen LogP contribution < -0.4 is 0 Å². The van der Waals surface area contributed by atoms with E-state index in [1.54, 1.807) is 11.1 Å². The lowest BCUT2D eigenvalue weighted by Crippen LogP contribution is -2.03. The van der Waals surface area contributed by atoms with Crippen LogP contribution in [0.4, 0.5) is 0 Å². The predicted molar refractivity (Wildman–Crippen MR) is 99.3 cm³/mol. The Morgan fingerprint density at radius 2 is 1.00 bits per heavy atom. The van der Waals surface area contributed by atoms with Gasteiger partial charge in [-0.1, -0.05) is 38.5 Å². The molecule has 0 atom stereocenters. The maximum atomic E-state index is 2.50. The van der Waals surface area contributed by atoms with Crippen molar-refractivity contribution in [1.82, 2.24) is 0 Å². The molecule has 2 fully saturated rings. The first-order chi connectivity index (χ1) is 10.9. The summed E-state index contributed by atoms with van der Waals surface area (Å²) in [6.45, 7) is 0. The Labute approximate surface area is 142 Å². The van der Waals surface area contributed by atoms with E-state index < -0.39 is 0 Å². The molecule has 0 saturated heterocycles. The molecule has 0 nitrogen and oxygen atoms in total. The van der Waals surface area contributed by atoms with Gasteiger partial charge in [0.2, 0.25) is 0 Å². The molecule has 2 aliphatic carbocycles. The Morgan fingerprint density at radius 3 is 1.41 bits per heavy atom. The molecule has 2 saturated carbocycles. The highest BCUT2D eigenvalue weighted by Crippen LogP contribution is 2.41. The third kappa shape index (κ3) is 3.19. The minimum atomic E-state index is 0.844. The molecule has 2 heteroatoms. The predicted octanol–water partition coefficient (Wildman–Crippen LogP) is 7.57. The molecule has 0 spiro atoms. The monoisotopic (exact) mass is 330 g/mol. The van der Waals surface area contributed by atoms with Crippen LogP contribution in [0.25, 0.3) is 9.75 Å². The van der Waals surface area contributed by atoms with Gasteiger partial charge >= 0.3 is 0 Å². The quantitative estimate of drug-likeness (QED) is 0.544. The molecule has 2 aliphatic rings. The minimum Gasteiger partial charge on any atom is -0.143 e. The first kappa shape index (κ1) is 15.0. The molecule has 0 amide bonds. The van der Waals surface area contributed by atoms with Gasteiger partial charge in [-0.15, -0.1) is 22.7 Å². The highest BCUT2D eigenvalue weighted by atomic mass is 32.1. The zero-order valence-electron chi connectivity index (χ0n) is 13.4. The normalized spacial score (nSPS) is 21.3. The Balaban J connectivity index is 1.50. The van der Waals surface area contributed by atoms with Crippen molar-refractivity contribution in [1.29, 1.82) is 0 Å². The third-order valence-electron chi connectivity index (χ3n) is 5.64. The lowest BCUT2D eigenvalue weighted by atomic mass is 9.85. The van der Waals surface area contributed by atoms with Crippen LogP contribution in [0, 0.1) is 0 Å². The van der Waals surface area contributed by atoms with Gasteiger partial charge in [0.15, 0.2) is 0 Å². The lowest BCUT2D eigenvalue weighted by molar-refractivity contribution is 0.444. The van der Waals surface area contributed by atoms with Crippen LogP contribution in [0.1, 0.15) is 87.2 Å². The second-order valence-electron chi connectivity index (χ2n) is 7.16. The van der Waals surface area contributed by atoms with E-state index in [2.05, 4.69) is 22.9 Å². The molecule has 2 aromatic heterocycles. The van der Waals surface area contributed by atoms with Gasteiger partial charge in [0.05, 0.1) is 0 Å². The summed E-state index contributed by atoms with van der Waals surface area (Å²) in [5, 5.41) is 4.87. The largest absolute Gasteiger partial charge is 0.143 e. The third-order valence-corrected chi connectivity index (χ3v) is 7.73. The van der Waals surface area contributed by atoms with Crippen molar-refractivity contribution in [3.63, 3.8) is 0 Å². The summed E-state index contributed by atoms with van der Waals surface area (Å²) >= 11 is 3.93. The van der Waals surface area contributed by atoms with Crippen molar-refractivity contribution in [3.05, 3.63) is 34.0 Å². The molecule has 0 radical (unpaired) electrons. The summed E-state index contributed by atoms with van der Waals surface area (Å²) in [4.78, 5) is 3.01. The second-order valence-corrected chi connectivity index (χ2v) is 8.98. The fourth-order valence-electron chi connectivity index (χ4n) is 4.26. The molecule has 4 rings (SSSR count). The van der Waals surface area contributed by atoms with Crippen molar-refractivity contribution in [2.45, 2.75) is 76.0 Å². The van der Waals surface area contributed by atoms with E-state index in [0.717, 1.165) is 11.8 Å². The zero-order valence-corrected chi connectivity index (χ0v) is 15.0. The topological polar surface area (TPSA) is 0 Å². The molecule has 0 unspecified atom stereocenters. The summed E-state index contributed by atoms with van der Waals surface area (Å²) in [7, 11) is 0. The van der Waals surface area contributed by atoms with Gasteiger partial charge in [-0.25, -0.2) is 0 Å². The van der Waals surface area contributed by atoms with Gasteiger partial charge in [-0.2, -0.15) is 0 Å². The second kappa shape index (κ2) is 6.88. The van der Waals surface area contributed by atoms with Crippen molar-refractivity contribution >= 4 is 22.7 Å². The Kier molecular flexibility index (Phi) is 4.68. The van der Waals surface area contributed by atoms with Gasteiger partial charge < -0.3 is 0 Å². The van der Waals surface area contributed by atoms with Crippen molar-refractivity contribution in [3.8, 4) is 9.75 Å². The van der Waals surface area contributed by atoms with Gasteiger partial charge in [0.1, 0.15) is 0 Å². The van der Waals surface area contributed by atoms with Crippen molar-refractivity contribution in [2.75, 3.05) is 0 Å². The highest BCUT2D eigenvalue weighted by molar-refractivity contribution is 7.20. The van der Waals surface area contributed by atoms with Crippen LogP contribution in [0.2, 0.25) is 0 Å². The smallest absolute Gasteiger partial charge is 0.0445 e. The van der Waals surface area contributed by atoms with Gasteiger partial charge in [0.25, 0.3) is 0 Å². The van der Waals surface area contributed by atoms with Crippen LogP contribution in [0.5, 0.6) is 0 Å².